The second-order valence-corrected chi connectivity index (χ2v) is 2.40. The fourth-order valence-corrected chi connectivity index (χ4v) is 0.743. The quantitative estimate of drug-likeness (QED) is 0.579. The van der Waals surface area contributed by atoms with Gasteiger partial charge < -0.3 is 5.32 Å². The average Bonchev–Trinajstić information content (AvgIpc) is 1.87. The maximum absolute atomic E-state index is 10.4. The standard InChI is InChI=1S/C8H16NO/c1-3-4-5-6-7-9-8(2)10/h1,3-7H2,2H3,(H,9,10). The average molecular weight is 142 g/mol. The van der Waals surface area contributed by atoms with Gasteiger partial charge in [0.1, 0.15) is 0 Å². The molecule has 0 aliphatic carbocycles. The van der Waals surface area contributed by atoms with Crippen molar-refractivity contribution < 1.29 is 4.79 Å². The summed E-state index contributed by atoms with van der Waals surface area (Å²) in [5.74, 6) is 0.0645. The monoisotopic (exact) mass is 142 g/mol. The zero-order valence-electron chi connectivity index (χ0n) is 6.65. The molecule has 1 amide bonds. The van der Waals surface area contributed by atoms with Crippen molar-refractivity contribution in [3.05, 3.63) is 6.92 Å². The lowest BCUT2D eigenvalue weighted by Crippen LogP contribution is -2.20. The van der Waals surface area contributed by atoms with Gasteiger partial charge in [0.25, 0.3) is 0 Å². The number of nitrogens with one attached hydrogen (secondary N) is 1. The van der Waals surface area contributed by atoms with E-state index >= 15 is 0 Å². The zero-order chi connectivity index (χ0) is 7.82. The van der Waals surface area contributed by atoms with Gasteiger partial charge >= 0.3 is 0 Å². The zero-order valence-corrected chi connectivity index (χ0v) is 6.65. The van der Waals surface area contributed by atoms with Crippen LogP contribution in [-0.4, -0.2) is 12.5 Å². The van der Waals surface area contributed by atoms with E-state index in [0.29, 0.717) is 0 Å². The van der Waals surface area contributed by atoms with Crippen LogP contribution in [0.3, 0.4) is 0 Å². The molecule has 59 valence electrons. The number of amides is 1. The molecule has 0 aromatic rings. The summed E-state index contributed by atoms with van der Waals surface area (Å²) < 4.78 is 0. The number of unbranched alkanes of at least 4 members (excludes halogenated alkanes) is 3. The minimum Gasteiger partial charge on any atom is -0.356 e. The summed E-state index contributed by atoms with van der Waals surface area (Å²) in [6.07, 6.45) is 4.42. The van der Waals surface area contributed by atoms with Crippen LogP contribution in [0, 0.1) is 6.92 Å². The van der Waals surface area contributed by atoms with E-state index in [1.54, 1.807) is 6.92 Å². The summed E-state index contributed by atoms with van der Waals surface area (Å²) in [6, 6.07) is 0. The van der Waals surface area contributed by atoms with Gasteiger partial charge in [0.15, 0.2) is 0 Å². The molecule has 1 N–H and O–H groups in total. The Balaban J connectivity index is 2.84. The molecule has 0 aliphatic heterocycles. The van der Waals surface area contributed by atoms with Crippen molar-refractivity contribution in [2.75, 3.05) is 6.54 Å². The Kier molecular flexibility index (Phi) is 6.24. The SMILES string of the molecule is [CH2]CCCCCNC(C)=O. The van der Waals surface area contributed by atoms with Gasteiger partial charge in [-0.3, -0.25) is 4.79 Å². The normalized spacial score (nSPS) is 9.40. The third kappa shape index (κ3) is 7.47. The highest BCUT2D eigenvalue weighted by atomic mass is 16.1. The molecule has 1 radical (unpaired) electrons. The number of carbonyl (C=O) groups is 1. The highest BCUT2D eigenvalue weighted by molar-refractivity contribution is 5.72. The van der Waals surface area contributed by atoms with Gasteiger partial charge in [-0.2, -0.15) is 0 Å². The fourth-order valence-electron chi connectivity index (χ4n) is 0.743. The van der Waals surface area contributed by atoms with E-state index in [1.807, 2.05) is 0 Å². The predicted octanol–water partition coefficient (Wildman–Crippen LogP) is 1.52. The lowest BCUT2D eigenvalue weighted by atomic mass is 10.2. The molecule has 2 nitrogen and oxygen atoms in total. The molecule has 0 heterocycles. The van der Waals surface area contributed by atoms with E-state index in [1.165, 1.54) is 12.8 Å². The Morgan fingerprint density at radius 3 is 2.60 bits per heavy atom. The first-order valence-corrected chi connectivity index (χ1v) is 3.81. The van der Waals surface area contributed by atoms with Crippen LogP contribution in [0.15, 0.2) is 0 Å². The molecule has 10 heavy (non-hydrogen) atoms. The Morgan fingerprint density at radius 1 is 1.40 bits per heavy atom. The molecule has 0 rings (SSSR count). The minimum atomic E-state index is 0.0645. The van der Waals surface area contributed by atoms with Crippen molar-refractivity contribution in [1.29, 1.82) is 0 Å². The van der Waals surface area contributed by atoms with Gasteiger partial charge in [0.05, 0.1) is 0 Å². The van der Waals surface area contributed by atoms with Crippen molar-refractivity contribution in [2.24, 2.45) is 0 Å². The molecule has 0 aliphatic rings. The third-order valence-corrected chi connectivity index (χ3v) is 1.30. The van der Waals surface area contributed by atoms with Crippen LogP contribution in [0.2, 0.25) is 0 Å². The van der Waals surface area contributed by atoms with Crippen LogP contribution in [0.4, 0.5) is 0 Å². The molecular weight excluding hydrogens is 126 g/mol. The number of rotatable bonds is 5. The van der Waals surface area contributed by atoms with Gasteiger partial charge in [0, 0.05) is 13.5 Å². The first kappa shape index (κ1) is 9.47. The van der Waals surface area contributed by atoms with Crippen LogP contribution in [-0.2, 0) is 4.79 Å². The van der Waals surface area contributed by atoms with E-state index in [4.69, 9.17) is 0 Å². The second-order valence-electron chi connectivity index (χ2n) is 2.40. The molecular formula is C8H16NO. The van der Waals surface area contributed by atoms with Gasteiger partial charge in [-0.1, -0.05) is 26.2 Å². The van der Waals surface area contributed by atoms with Crippen molar-refractivity contribution in [2.45, 2.75) is 32.6 Å². The van der Waals surface area contributed by atoms with E-state index in [9.17, 15) is 4.79 Å². The van der Waals surface area contributed by atoms with E-state index < -0.39 is 0 Å². The van der Waals surface area contributed by atoms with Crippen molar-refractivity contribution >= 4 is 5.91 Å². The maximum Gasteiger partial charge on any atom is 0.216 e. The van der Waals surface area contributed by atoms with Gasteiger partial charge in [-0.05, 0) is 6.42 Å². The number of carbonyl (C=O) groups excluding carboxylic acids is 1. The minimum absolute atomic E-state index is 0.0645. The maximum atomic E-state index is 10.4. The van der Waals surface area contributed by atoms with E-state index in [2.05, 4.69) is 12.2 Å². The Morgan fingerprint density at radius 2 is 2.10 bits per heavy atom. The fraction of sp³-hybridized carbons (Fsp3) is 0.750. The van der Waals surface area contributed by atoms with E-state index in [-0.39, 0.29) is 5.91 Å². The van der Waals surface area contributed by atoms with Crippen molar-refractivity contribution in [3.63, 3.8) is 0 Å². The molecule has 0 spiro atoms. The van der Waals surface area contributed by atoms with Crippen molar-refractivity contribution in [1.82, 2.24) is 5.32 Å². The summed E-state index contributed by atoms with van der Waals surface area (Å²) in [6.45, 7) is 6.09. The van der Waals surface area contributed by atoms with Crippen LogP contribution >= 0.6 is 0 Å². The highest BCUT2D eigenvalue weighted by Gasteiger charge is 1.89. The Labute approximate surface area is 63.0 Å². The summed E-state index contributed by atoms with van der Waals surface area (Å²) >= 11 is 0. The molecule has 0 aromatic heterocycles. The Bertz CT molecular complexity index is 91.3. The molecule has 2 heteroatoms. The lowest BCUT2D eigenvalue weighted by Gasteiger charge is -1.99. The summed E-state index contributed by atoms with van der Waals surface area (Å²) in [5, 5.41) is 2.75. The number of hydrogen-bond acceptors (Lipinski definition) is 1. The molecule has 0 saturated carbocycles. The molecule has 0 aromatic carbocycles. The summed E-state index contributed by atoms with van der Waals surface area (Å²) in [5.41, 5.74) is 0. The summed E-state index contributed by atoms with van der Waals surface area (Å²) in [7, 11) is 0. The smallest absolute Gasteiger partial charge is 0.216 e. The third-order valence-electron chi connectivity index (χ3n) is 1.30. The van der Waals surface area contributed by atoms with Crippen LogP contribution < -0.4 is 5.32 Å². The topological polar surface area (TPSA) is 29.1 Å². The second kappa shape index (κ2) is 6.59. The molecule has 0 fully saturated rings. The first-order chi connectivity index (χ1) is 4.77. The molecule has 0 bridgehead atoms. The van der Waals surface area contributed by atoms with Gasteiger partial charge in [-0.25, -0.2) is 0 Å². The molecule has 0 unspecified atom stereocenters. The van der Waals surface area contributed by atoms with Crippen molar-refractivity contribution in [3.8, 4) is 0 Å². The lowest BCUT2D eigenvalue weighted by molar-refractivity contribution is -0.118. The highest BCUT2D eigenvalue weighted by Crippen LogP contribution is 1.96. The van der Waals surface area contributed by atoms with Gasteiger partial charge in [0.2, 0.25) is 5.91 Å². The van der Waals surface area contributed by atoms with Crippen LogP contribution in [0.1, 0.15) is 32.6 Å². The van der Waals surface area contributed by atoms with Crippen LogP contribution in [0.25, 0.3) is 0 Å². The van der Waals surface area contributed by atoms with E-state index in [0.717, 1.165) is 19.4 Å². The van der Waals surface area contributed by atoms with Crippen LogP contribution in [0.5, 0.6) is 0 Å². The van der Waals surface area contributed by atoms with Gasteiger partial charge in [-0.15, -0.1) is 0 Å². The largest absolute Gasteiger partial charge is 0.356 e. The number of hydrogen-bond donors (Lipinski definition) is 1. The predicted molar refractivity (Wildman–Crippen MR) is 42.5 cm³/mol. The first-order valence-electron chi connectivity index (χ1n) is 3.81. The molecule has 0 saturated heterocycles. The summed E-state index contributed by atoms with van der Waals surface area (Å²) in [4.78, 5) is 10.4. The Hall–Kier alpha value is -0.530. The molecule has 0 atom stereocenters.